The average Bonchev–Trinajstić information content (AvgIpc) is 3.67. The minimum absolute atomic E-state index is 0. The Bertz CT molecular complexity index is 2260. The second-order valence-electron chi connectivity index (χ2n) is 14.0. The van der Waals surface area contributed by atoms with Crippen molar-refractivity contribution in [1.29, 1.82) is 0 Å². The fourth-order valence-corrected chi connectivity index (χ4v) is 6.46. The van der Waals surface area contributed by atoms with Crippen LogP contribution < -0.4 is 4.74 Å². The smallest absolute Gasteiger partial charge is 0.509 e. The zero-order valence-corrected chi connectivity index (χ0v) is 31.5. The summed E-state index contributed by atoms with van der Waals surface area (Å²) in [5, 5.41) is 7.64. The van der Waals surface area contributed by atoms with E-state index in [0.717, 1.165) is 57.4 Å². The third-order valence-corrected chi connectivity index (χ3v) is 9.89. The SMILES string of the molecule is CCC(C)(C)c1nn(-c2[c-]c(Oc3[c-]c4c(cc3)c3ccccc3n4-c3cc(C)ccn3)ccc2)c(C(C)(C)CC)c1-c1ccccc1.[Pt+2]. The molecule has 0 bridgehead atoms. The molecule has 0 radical (unpaired) electrons. The molecule has 5 nitrogen and oxygen atoms in total. The summed E-state index contributed by atoms with van der Waals surface area (Å²) < 4.78 is 10.8. The van der Waals surface area contributed by atoms with E-state index in [2.05, 4.69) is 143 Å². The fraction of sp³-hybridized carbons (Fsp3) is 0.256. The van der Waals surface area contributed by atoms with Gasteiger partial charge in [0.2, 0.25) is 0 Å². The van der Waals surface area contributed by atoms with Crippen molar-refractivity contribution in [3.63, 3.8) is 0 Å². The maximum Gasteiger partial charge on any atom is 2.00 e. The Kier molecular flexibility index (Phi) is 9.44. The molecule has 49 heavy (non-hydrogen) atoms. The van der Waals surface area contributed by atoms with Gasteiger partial charge in [-0.25, -0.2) is 4.98 Å². The molecule has 0 unspecified atom stereocenters. The van der Waals surface area contributed by atoms with E-state index < -0.39 is 0 Å². The fourth-order valence-electron chi connectivity index (χ4n) is 6.46. The summed E-state index contributed by atoms with van der Waals surface area (Å²) in [6.07, 6.45) is 3.78. The van der Waals surface area contributed by atoms with Crippen LogP contribution in [-0.2, 0) is 31.9 Å². The van der Waals surface area contributed by atoms with E-state index in [0.29, 0.717) is 11.5 Å². The van der Waals surface area contributed by atoms with Crippen molar-refractivity contribution >= 4 is 21.8 Å². The molecule has 0 fully saturated rings. The molecule has 3 heterocycles. The summed E-state index contributed by atoms with van der Waals surface area (Å²) in [5.41, 5.74) is 8.40. The van der Waals surface area contributed by atoms with Crippen molar-refractivity contribution in [3.05, 3.63) is 132 Å². The summed E-state index contributed by atoms with van der Waals surface area (Å²) in [7, 11) is 0. The molecule has 0 amide bonds. The number of fused-ring (bicyclic) bond motifs is 3. The van der Waals surface area contributed by atoms with Gasteiger partial charge < -0.3 is 9.30 Å². The van der Waals surface area contributed by atoms with E-state index in [9.17, 15) is 0 Å². The molecule has 0 atom stereocenters. The maximum absolute atomic E-state index is 6.54. The molecule has 0 aliphatic carbocycles. The predicted molar refractivity (Wildman–Crippen MR) is 197 cm³/mol. The third-order valence-electron chi connectivity index (χ3n) is 9.89. The van der Waals surface area contributed by atoms with Crippen molar-refractivity contribution < 1.29 is 25.8 Å². The van der Waals surface area contributed by atoms with E-state index >= 15 is 0 Å². The second-order valence-corrected chi connectivity index (χ2v) is 14.0. The van der Waals surface area contributed by atoms with Gasteiger partial charge in [0.05, 0.1) is 11.4 Å². The van der Waals surface area contributed by atoms with E-state index in [1.807, 2.05) is 30.5 Å². The van der Waals surface area contributed by atoms with Crippen LogP contribution in [0.25, 0.3) is 44.4 Å². The second kappa shape index (κ2) is 13.4. The van der Waals surface area contributed by atoms with E-state index in [-0.39, 0.29) is 31.9 Å². The molecule has 0 aliphatic rings. The quantitative estimate of drug-likeness (QED) is 0.136. The molecular weight excluding hydrogens is 784 g/mol. The van der Waals surface area contributed by atoms with E-state index in [4.69, 9.17) is 14.8 Å². The van der Waals surface area contributed by atoms with Crippen molar-refractivity contribution in [2.75, 3.05) is 0 Å². The van der Waals surface area contributed by atoms with Gasteiger partial charge in [-0.15, -0.1) is 35.7 Å². The Morgan fingerprint density at radius 1 is 0.735 bits per heavy atom. The van der Waals surface area contributed by atoms with Crippen LogP contribution >= 0.6 is 0 Å². The van der Waals surface area contributed by atoms with Crippen molar-refractivity contribution in [3.8, 4) is 34.1 Å². The van der Waals surface area contributed by atoms with Crippen LogP contribution in [0.4, 0.5) is 0 Å². The number of hydrogen-bond acceptors (Lipinski definition) is 3. The Hall–Kier alpha value is -4.47. The Labute approximate surface area is 304 Å². The van der Waals surface area contributed by atoms with Gasteiger partial charge in [-0.1, -0.05) is 95.6 Å². The van der Waals surface area contributed by atoms with Gasteiger partial charge in [-0.05, 0) is 60.2 Å². The van der Waals surface area contributed by atoms with Gasteiger partial charge in [0.1, 0.15) is 5.82 Å². The number of pyridine rings is 1. The number of ether oxygens (including phenoxy) is 1. The van der Waals surface area contributed by atoms with Crippen LogP contribution in [0.15, 0.2) is 103 Å². The van der Waals surface area contributed by atoms with E-state index in [1.165, 1.54) is 16.8 Å². The molecule has 4 aromatic carbocycles. The Morgan fingerprint density at radius 3 is 2.18 bits per heavy atom. The standard InChI is InChI=1S/C43H42N4O.Pt/c1-8-42(4,5)40-39(30-16-11-10-12-17-30)41(43(6,7)9-2)47(45-40)31-18-15-19-32(27-31)48-33-22-23-35-34-20-13-14-21-36(34)46(37(35)28-33)38-26-29(3)24-25-44-38;/h10-26H,8-9H2,1-7H3;/q-2;+2. The predicted octanol–water partition coefficient (Wildman–Crippen LogP) is 11.1. The molecule has 0 aliphatic heterocycles. The third kappa shape index (κ3) is 6.26. The van der Waals surface area contributed by atoms with Gasteiger partial charge in [0.15, 0.2) is 0 Å². The minimum atomic E-state index is -0.152. The van der Waals surface area contributed by atoms with Crippen LogP contribution in [0.2, 0.25) is 0 Å². The summed E-state index contributed by atoms with van der Waals surface area (Å²) in [6.45, 7) is 15.8. The van der Waals surface area contributed by atoms with Gasteiger partial charge in [-0.3, -0.25) is 4.68 Å². The molecule has 7 aromatic rings. The average molecular weight is 826 g/mol. The number of para-hydroxylation sites is 1. The molecule has 0 saturated carbocycles. The monoisotopic (exact) mass is 825 g/mol. The number of hydrogen-bond donors (Lipinski definition) is 0. The van der Waals surface area contributed by atoms with Crippen LogP contribution in [0.1, 0.15) is 71.3 Å². The first-order valence-electron chi connectivity index (χ1n) is 16.9. The first-order valence-corrected chi connectivity index (χ1v) is 16.9. The van der Waals surface area contributed by atoms with Crippen LogP contribution in [0.5, 0.6) is 11.5 Å². The maximum atomic E-state index is 6.54. The van der Waals surface area contributed by atoms with Gasteiger partial charge in [-0.2, -0.15) is 17.2 Å². The number of rotatable bonds is 9. The number of aromatic nitrogens is 4. The van der Waals surface area contributed by atoms with Crippen LogP contribution in [0, 0.1) is 19.1 Å². The largest absolute Gasteiger partial charge is 2.00 e. The summed E-state index contributed by atoms with van der Waals surface area (Å²) in [4.78, 5) is 4.72. The topological polar surface area (TPSA) is 44.9 Å². The number of nitrogens with zero attached hydrogens (tertiary/aromatic N) is 4. The molecule has 6 heteroatoms. The molecule has 0 spiro atoms. The number of aryl methyl sites for hydroxylation is 1. The molecule has 3 aromatic heterocycles. The van der Waals surface area contributed by atoms with Crippen LogP contribution in [0.3, 0.4) is 0 Å². The minimum Gasteiger partial charge on any atom is -0.509 e. The van der Waals surface area contributed by atoms with E-state index in [1.54, 1.807) is 0 Å². The van der Waals surface area contributed by atoms with Gasteiger partial charge in [0.25, 0.3) is 0 Å². The number of benzene rings is 4. The summed E-state index contributed by atoms with van der Waals surface area (Å²) >= 11 is 0. The first-order chi connectivity index (χ1) is 23.1. The molecule has 0 saturated heterocycles. The van der Waals surface area contributed by atoms with Crippen molar-refractivity contribution in [2.24, 2.45) is 0 Å². The van der Waals surface area contributed by atoms with Crippen molar-refractivity contribution in [2.45, 2.75) is 72.1 Å². The van der Waals surface area contributed by atoms with Crippen LogP contribution in [-0.4, -0.2) is 19.3 Å². The van der Waals surface area contributed by atoms with Crippen molar-refractivity contribution in [1.82, 2.24) is 19.3 Å². The van der Waals surface area contributed by atoms with Gasteiger partial charge in [0, 0.05) is 39.6 Å². The first kappa shape index (κ1) is 34.4. The summed E-state index contributed by atoms with van der Waals surface area (Å²) in [5.74, 6) is 2.07. The molecule has 7 rings (SSSR count). The molecule has 0 N–H and O–H groups in total. The molecule has 250 valence electrons. The zero-order valence-electron chi connectivity index (χ0n) is 29.2. The normalized spacial score (nSPS) is 12.0. The molecular formula is C43H42N4OPt. The Morgan fingerprint density at radius 2 is 1.45 bits per heavy atom. The van der Waals surface area contributed by atoms with Gasteiger partial charge >= 0.3 is 21.1 Å². The Balaban J connectivity index is 0.00000417. The summed E-state index contributed by atoms with van der Waals surface area (Å²) in [6, 6.07) is 40.5. The zero-order chi connectivity index (χ0) is 33.6.